The lowest BCUT2D eigenvalue weighted by Gasteiger charge is -1.97. The van der Waals surface area contributed by atoms with Crippen LogP contribution in [0.25, 0.3) is 21.5 Å². The predicted octanol–water partition coefficient (Wildman–Crippen LogP) is 2.47. The molecule has 0 saturated carbocycles. The lowest BCUT2D eigenvalue weighted by molar-refractivity contribution is 0.0596. The first-order chi connectivity index (χ1) is 8.79. The fourth-order valence-corrected chi connectivity index (χ4v) is 2.41. The molecule has 3 aromatic rings. The lowest BCUT2D eigenvalue weighted by atomic mass is 10.1. The van der Waals surface area contributed by atoms with E-state index < -0.39 is 5.97 Å². The minimum absolute atomic E-state index is 0.304. The number of hydrogen-bond acceptors (Lipinski definition) is 5. The molecule has 0 aliphatic heterocycles. The summed E-state index contributed by atoms with van der Waals surface area (Å²) < 4.78 is 4.67. The molecule has 0 atom stereocenters. The van der Waals surface area contributed by atoms with Gasteiger partial charge in [0.15, 0.2) is 5.69 Å². The van der Waals surface area contributed by atoms with Crippen molar-refractivity contribution in [3.63, 3.8) is 0 Å². The van der Waals surface area contributed by atoms with Gasteiger partial charge in [-0.1, -0.05) is 6.07 Å². The SMILES string of the molecule is COC(=O)c1n[nH]c2cc(-c3nccs3)ccc12. The van der Waals surface area contributed by atoms with Gasteiger partial charge in [0.25, 0.3) is 0 Å². The summed E-state index contributed by atoms with van der Waals surface area (Å²) >= 11 is 1.57. The molecule has 0 spiro atoms. The number of fused-ring (bicyclic) bond motifs is 1. The summed E-state index contributed by atoms with van der Waals surface area (Å²) in [5.41, 5.74) is 2.10. The number of ether oxygens (including phenoxy) is 1. The van der Waals surface area contributed by atoms with E-state index in [4.69, 9.17) is 0 Å². The molecular formula is C12H9N3O2S. The normalized spacial score (nSPS) is 10.7. The maximum Gasteiger partial charge on any atom is 0.359 e. The molecule has 3 rings (SSSR count). The summed E-state index contributed by atoms with van der Waals surface area (Å²) in [5.74, 6) is -0.441. The Bertz CT molecular complexity index is 703. The average Bonchev–Trinajstić information content (AvgIpc) is 3.06. The second-order valence-electron chi connectivity index (χ2n) is 3.66. The Morgan fingerprint density at radius 1 is 1.44 bits per heavy atom. The van der Waals surface area contributed by atoms with Crippen LogP contribution < -0.4 is 0 Å². The van der Waals surface area contributed by atoms with Gasteiger partial charge in [-0.15, -0.1) is 11.3 Å². The first kappa shape index (κ1) is 10.9. The Balaban J connectivity index is 2.13. The van der Waals surface area contributed by atoms with Crippen molar-refractivity contribution < 1.29 is 9.53 Å². The zero-order valence-electron chi connectivity index (χ0n) is 9.51. The Morgan fingerprint density at radius 2 is 2.33 bits per heavy atom. The number of nitrogens with zero attached hydrogens (tertiary/aromatic N) is 2. The highest BCUT2D eigenvalue weighted by Gasteiger charge is 2.14. The molecule has 0 aliphatic rings. The molecule has 0 radical (unpaired) electrons. The van der Waals surface area contributed by atoms with Crippen LogP contribution in [-0.4, -0.2) is 28.3 Å². The molecule has 0 bridgehead atoms. The number of methoxy groups -OCH3 is 1. The molecule has 2 heterocycles. The average molecular weight is 259 g/mol. The summed E-state index contributed by atoms with van der Waals surface area (Å²) in [6, 6.07) is 5.69. The minimum Gasteiger partial charge on any atom is -0.464 e. The van der Waals surface area contributed by atoms with E-state index in [9.17, 15) is 4.79 Å². The number of hydrogen-bond donors (Lipinski definition) is 1. The molecule has 0 amide bonds. The van der Waals surface area contributed by atoms with Gasteiger partial charge < -0.3 is 4.74 Å². The van der Waals surface area contributed by atoms with Crippen molar-refractivity contribution in [3.8, 4) is 10.6 Å². The van der Waals surface area contributed by atoms with E-state index in [1.165, 1.54) is 7.11 Å². The number of nitrogens with one attached hydrogen (secondary N) is 1. The number of esters is 1. The van der Waals surface area contributed by atoms with Gasteiger partial charge in [-0.2, -0.15) is 5.10 Å². The number of H-pyrrole nitrogens is 1. The molecule has 0 unspecified atom stereocenters. The van der Waals surface area contributed by atoms with E-state index in [1.54, 1.807) is 17.5 Å². The van der Waals surface area contributed by atoms with Crippen molar-refractivity contribution >= 4 is 28.2 Å². The van der Waals surface area contributed by atoms with E-state index in [0.29, 0.717) is 5.69 Å². The largest absolute Gasteiger partial charge is 0.464 e. The highest BCUT2D eigenvalue weighted by atomic mass is 32.1. The first-order valence-electron chi connectivity index (χ1n) is 5.26. The zero-order chi connectivity index (χ0) is 12.5. The Hall–Kier alpha value is -2.21. The third-order valence-electron chi connectivity index (χ3n) is 2.62. The Morgan fingerprint density at radius 3 is 3.06 bits per heavy atom. The summed E-state index contributed by atoms with van der Waals surface area (Å²) in [6.45, 7) is 0. The molecule has 18 heavy (non-hydrogen) atoms. The van der Waals surface area contributed by atoms with Crippen LogP contribution in [0.3, 0.4) is 0 Å². The Kier molecular flexibility index (Phi) is 2.56. The van der Waals surface area contributed by atoms with Gasteiger partial charge in [0, 0.05) is 22.5 Å². The first-order valence-corrected chi connectivity index (χ1v) is 6.14. The van der Waals surface area contributed by atoms with Crippen molar-refractivity contribution in [1.82, 2.24) is 15.2 Å². The van der Waals surface area contributed by atoms with Crippen molar-refractivity contribution in [2.75, 3.05) is 7.11 Å². The van der Waals surface area contributed by atoms with Crippen LogP contribution in [0, 0.1) is 0 Å². The van der Waals surface area contributed by atoms with E-state index in [2.05, 4.69) is 19.9 Å². The molecule has 1 N–H and O–H groups in total. The van der Waals surface area contributed by atoms with Gasteiger partial charge in [0.1, 0.15) is 5.01 Å². The fraction of sp³-hybridized carbons (Fsp3) is 0.0833. The van der Waals surface area contributed by atoms with Gasteiger partial charge in [-0.3, -0.25) is 5.10 Å². The van der Waals surface area contributed by atoms with E-state index in [-0.39, 0.29) is 0 Å². The summed E-state index contributed by atoms with van der Waals surface area (Å²) in [4.78, 5) is 15.7. The van der Waals surface area contributed by atoms with Crippen molar-refractivity contribution in [2.45, 2.75) is 0 Å². The van der Waals surface area contributed by atoms with E-state index >= 15 is 0 Å². The smallest absolute Gasteiger partial charge is 0.359 e. The standard InChI is InChI=1S/C12H9N3O2S/c1-17-12(16)10-8-3-2-7(6-9(8)14-15-10)11-13-4-5-18-11/h2-6H,1H3,(H,14,15). The molecule has 0 aliphatic carbocycles. The van der Waals surface area contributed by atoms with Gasteiger partial charge in [0.05, 0.1) is 12.6 Å². The van der Waals surface area contributed by atoms with Crippen LogP contribution in [-0.2, 0) is 4.74 Å². The molecule has 0 fully saturated rings. The number of carbonyl (C=O) groups is 1. The second-order valence-corrected chi connectivity index (χ2v) is 4.56. The summed E-state index contributed by atoms with van der Waals surface area (Å²) in [6.07, 6.45) is 1.76. The zero-order valence-corrected chi connectivity index (χ0v) is 10.3. The van der Waals surface area contributed by atoms with Crippen LogP contribution in [0.15, 0.2) is 29.8 Å². The summed E-state index contributed by atoms with van der Waals surface area (Å²) in [5, 5.41) is 10.4. The number of rotatable bonds is 2. The van der Waals surface area contributed by atoms with Crippen LogP contribution in [0.4, 0.5) is 0 Å². The van der Waals surface area contributed by atoms with Gasteiger partial charge >= 0.3 is 5.97 Å². The quantitative estimate of drug-likeness (QED) is 0.718. The van der Waals surface area contributed by atoms with Crippen LogP contribution >= 0.6 is 11.3 Å². The molecule has 90 valence electrons. The molecule has 5 nitrogen and oxygen atoms in total. The molecule has 2 aromatic heterocycles. The monoisotopic (exact) mass is 259 g/mol. The highest BCUT2D eigenvalue weighted by Crippen LogP contribution is 2.26. The van der Waals surface area contributed by atoms with Crippen molar-refractivity contribution in [2.24, 2.45) is 0 Å². The molecule has 6 heteroatoms. The van der Waals surface area contributed by atoms with E-state index in [1.807, 2.05) is 23.6 Å². The second kappa shape index (κ2) is 4.23. The van der Waals surface area contributed by atoms with Gasteiger partial charge in [-0.25, -0.2) is 9.78 Å². The number of aromatic nitrogens is 3. The van der Waals surface area contributed by atoms with Crippen LogP contribution in [0.5, 0.6) is 0 Å². The molecular weight excluding hydrogens is 250 g/mol. The number of carbonyl (C=O) groups excluding carboxylic acids is 1. The van der Waals surface area contributed by atoms with Crippen LogP contribution in [0.1, 0.15) is 10.5 Å². The van der Waals surface area contributed by atoms with Crippen molar-refractivity contribution in [1.29, 1.82) is 0 Å². The van der Waals surface area contributed by atoms with Crippen molar-refractivity contribution in [3.05, 3.63) is 35.5 Å². The maximum absolute atomic E-state index is 11.5. The lowest BCUT2D eigenvalue weighted by Crippen LogP contribution is -2.01. The predicted molar refractivity (Wildman–Crippen MR) is 68.5 cm³/mol. The third kappa shape index (κ3) is 1.67. The summed E-state index contributed by atoms with van der Waals surface area (Å²) in [7, 11) is 1.34. The number of aromatic amines is 1. The number of thiazole rings is 1. The topological polar surface area (TPSA) is 67.9 Å². The van der Waals surface area contributed by atoms with Gasteiger partial charge in [0.2, 0.25) is 0 Å². The minimum atomic E-state index is -0.441. The highest BCUT2D eigenvalue weighted by molar-refractivity contribution is 7.13. The van der Waals surface area contributed by atoms with Gasteiger partial charge in [-0.05, 0) is 12.1 Å². The maximum atomic E-state index is 11.5. The fourth-order valence-electron chi connectivity index (χ4n) is 1.77. The molecule has 0 saturated heterocycles. The third-order valence-corrected chi connectivity index (χ3v) is 3.44. The van der Waals surface area contributed by atoms with Crippen LogP contribution in [0.2, 0.25) is 0 Å². The Labute approximate surface area is 106 Å². The van der Waals surface area contributed by atoms with E-state index in [0.717, 1.165) is 21.5 Å². The molecule has 1 aromatic carbocycles. The number of benzene rings is 1.